The van der Waals surface area contributed by atoms with Crippen molar-refractivity contribution in [1.82, 2.24) is 10.6 Å². The van der Waals surface area contributed by atoms with Gasteiger partial charge in [-0.1, -0.05) is 12.2 Å². The summed E-state index contributed by atoms with van der Waals surface area (Å²) in [6.45, 7) is 4.09. The topological polar surface area (TPSA) is 68.0 Å². The SMILES string of the molecule is C=C(C)CNC(=NCc1cc(OC)ccc1OC(F)F)NCCc1ccco1.I. The fourth-order valence-corrected chi connectivity index (χ4v) is 2.35. The van der Waals surface area contributed by atoms with Gasteiger partial charge < -0.3 is 24.5 Å². The van der Waals surface area contributed by atoms with Crippen LogP contribution in [0.2, 0.25) is 0 Å². The van der Waals surface area contributed by atoms with E-state index in [1.165, 1.54) is 13.2 Å². The van der Waals surface area contributed by atoms with Gasteiger partial charge in [0.25, 0.3) is 0 Å². The maximum atomic E-state index is 12.7. The molecule has 1 aromatic heterocycles. The highest BCUT2D eigenvalue weighted by molar-refractivity contribution is 14.0. The Morgan fingerprint density at radius 3 is 2.69 bits per heavy atom. The van der Waals surface area contributed by atoms with Crippen LogP contribution in [0.5, 0.6) is 11.5 Å². The molecule has 0 aliphatic carbocycles. The normalized spacial score (nSPS) is 11.0. The van der Waals surface area contributed by atoms with Crippen LogP contribution in [-0.4, -0.2) is 32.8 Å². The summed E-state index contributed by atoms with van der Waals surface area (Å²) in [5, 5.41) is 6.34. The standard InChI is InChI=1S/C20H25F2N3O3.HI/c1-14(2)12-24-20(23-9-8-16-5-4-10-27-16)25-13-15-11-17(26-3)6-7-18(15)28-19(21)22;/h4-7,10-11,19H,1,8-9,12-13H2,2-3H3,(H2,23,24,25);1H. The van der Waals surface area contributed by atoms with Crippen LogP contribution in [0.1, 0.15) is 18.2 Å². The van der Waals surface area contributed by atoms with Crippen LogP contribution in [0.25, 0.3) is 0 Å². The predicted molar refractivity (Wildman–Crippen MR) is 119 cm³/mol. The van der Waals surface area contributed by atoms with E-state index in [2.05, 4.69) is 26.9 Å². The van der Waals surface area contributed by atoms with Crippen LogP contribution in [0, 0.1) is 0 Å². The second-order valence-corrected chi connectivity index (χ2v) is 6.08. The Labute approximate surface area is 186 Å². The van der Waals surface area contributed by atoms with Gasteiger partial charge in [0.05, 0.1) is 19.9 Å². The van der Waals surface area contributed by atoms with E-state index >= 15 is 0 Å². The van der Waals surface area contributed by atoms with Crippen LogP contribution >= 0.6 is 24.0 Å². The highest BCUT2D eigenvalue weighted by atomic mass is 127. The molecule has 0 unspecified atom stereocenters. The first-order valence-corrected chi connectivity index (χ1v) is 8.78. The molecule has 0 saturated heterocycles. The molecule has 0 atom stereocenters. The summed E-state index contributed by atoms with van der Waals surface area (Å²) in [6, 6.07) is 8.36. The molecule has 0 saturated carbocycles. The lowest BCUT2D eigenvalue weighted by atomic mass is 10.2. The van der Waals surface area contributed by atoms with Crippen LogP contribution in [0.15, 0.2) is 58.2 Å². The molecule has 6 nitrogen and oxygen atoms in total. The molecular weight excluding hydrogens is 495 g/mol. The molecule has 2 N–H and O–H groups in total. The first kappa shape index (κ1) is 24.7. The van der Waals surface area contributed by atoms with Gasteiger partial charge >= 0.3 is 6.61 Å². The van der Waals surface area contributed by atoms with Crippen LogP contribution < -0.4 is 20.1 Å². The van der Waals surface area contributed by atoms with E-state index in [0.717, 1.165) is 11.3 Å². The number of nitrogens with one attached hydrogen (secondary N) is 2. The largest absolute Gasteiger partial charge is 0.497 e. The van der Waals surface area contributed by atoms with Crippen molar-refractivity contribution in [2.45, 2.75) is 26.5 Å². The molecule has 0 aliphatic rings. The van der Waals surface area contributed by atoms with E-state index in [9.17, 15) is 8.78 Å². The Kier molecular flexibility index (Phi) is 11.1. The second-order valence-electron chi connectivity index (χ2n) is 6.08. The Morgan fingerprint density at radius 2 is 2.07 bits per heavy atom. The molecule has 0 fully saturated rings. The maximum absolute atomic E-state index is 12.7. The Balaban J connectivity index is 0.00000420. The number of methoxy groups -OCH3 is 1. The molecule has 0 aliphatic heterocycles. The lowest BCUT2D eigenvalue weighted by molar-refractivity contribution is -0.0504. The zero-order chi connectivity index (χ0) is 20.4. The van der Waals surface area contributed by atoms with E-state index in [4.69, 9.17) is 9.15 Å². The number of nitrogens with zero attached hydrogens (tertiary/aromatic N) is 1. The van der Waals surface area contributed by atoms with Gasteiger partial charge in [-0.15, -0.1) is 24.0 Å². The number of halogens is 3. The van der Waals surface area contributed by atoms with Crippen molar-refractivity contribution in [2.75, 3.05) is 20.2 Å². The van der Waals surface area contributed by atoms with Gasteiger partial charge in [-0.25, -0.2) is 4.99 Å². The molecule has 160 valence electrons. The first-order chi connectivity index (χ1) is 13.5. The van der Waals surface area contributed by atoms with Gasteiger partial charge in [-0.05, 0) is 37.3 Å². The summed E-state index contributed by atoms with van der Waals surface area (Å²) in [5.74, 6) is 1.98. The molecule has 9 heteroatoms. The zero-order valence-corrected chi connectivity index (χ0v) is 18.7. The first-order valence-electron chi connectivity index (χ1n) is 8.78. The third kappa shape index (κ3) is 9.16. The van der Waals surface area contributed by atoms with Crippen molar-refractivity contribution in [3.63, 3.8) is 0 Å². The average molecular weight is 521 g/mol. The molecular formula is C20H26F2IN3O3. The number of aliphatic imine (C=N–C) groups is 1. The number of furan rings is 1. The molecule has 0 spiro atoms. The monoisotopic (exact) mass is 521 g/mol. The highest BCUT2D eigenvalue weighted by Crippen LogP contribution is 2.26. The van der Waals surface area contributed by atoms with Crippen molar-refractivity contribution < 1.29 is 22.7 Å². The summed E-state index contributed by atoms with van der Waals surface area (Å²) in [4.78, 5) is 4.47. The van der Waals surface area contributed by atoms with E-state index in [0.29, 0.717) is 36.8 Å². The minimum Gasteiger partial charge on any atom is -0.497 e. The summed E-state index contributed by atoms with van der Waals surface area (Å²) in [6.07, 6.45) is 2.30. The summed E-state index contributed by atoms with van der Waals surface area (Å²) >= 11 is 0. The van der Waals surface area contributed by atoms with Gasteiger partial charge in [0.15, 0.2) is 5.96 Å². The van der Waals surface area contributed by atoms with Crippen LogP contribution in [0.3, 0.4) is 0 Å². The Morgan fingerprint density at radius 1 is 1.28 bits per heavy atom. The summed E-state index contributed by atoms with van der Waals surface area (Å²) in [7, 11) is 1.51. The summed E-state index contributed by atoms with van der Waals surface area (Å²) < 4.78 is 40.4. The van der Waals surface area contributed by atoms with Gasteiger partial charge in [0, 0.05) is 25.1 Å². The molecule has 0 amide bonds. The second kappa shape index (κ2) is 13.0. The lowest BCUT2D eigenvalue weighted by Crippen LogP contribution is -2.39. The average Bonchev–Trinajstić information content (AvgIpc) is 3.17. The maximum Gasteiger partial charge on any atom is 0.387 e. The zero-order valence-electron chi connectivity index (χ0n) is 16.4. The van der Waals surface area contributed by atoms with Crippen molar-refractivity contribution in [3.05, 3.63) is 60.1 Å². The molecule has 1 heterocycles. The van der Waals surface area contributed by atoms with Gasteiger partial charge in [-0.3, -0.25) is 0 Å². The number of rotatable bonds is 10. The van der Waals surface area contributed by atoms with Crippen molar-refractivity contribution in [2.24, 2.45) is 4.99 Å². The molecule has 2 aromatic rings. The number of alkyl halides is 2. The molecule has 0 bridgehead atoms. The fraction of sp³-hybridized carbons (Fsp3) is 0.350. The van der Waals surface area contributed by atoms with Crippen molar-refractivity contribution in [3.8, 4) is 11.5 Å². The van der Waals surface area contributed by atoms with E-state index in [1.807, 2.05) is 19.1 Å². The molecule has 29 heavy (non-hydrogen) atoms. The van der Waals surface area contributed by atoms with Gasteiger partial charge in [-0.2, -0.15) is 8.78 Å². The molecule has 0 radical (unpaired) electrons. The van der Waals surface area contributed by atoms with Crippen molar-refractivity contribution >= 4 is 29.9 Å². The van der Waals surface area contributed by atoms with Crippen LogP contribution in [0.4, 0.5) is 8.78 Å². The van der Waals surface area contributed by atoms with Gasteiger partial charge in [0.2, 0.25) is 0 Å². The smallest absolute Gasteiger partial charge is 0.387 e. The van der Waals surface area contributed by atoms with Crippen molar-refractivity contribution in [1.29, 1.82) is 0 Å². The number of hydrogen-bond donors (Lipinski definition) is 2. The third-order valence-corrected chi connectivity index (χ3v) is 3.69. The number of hydrogen-bond acceptors (Lipinski definition) is 4. The number of ether oxygens (including phenoxy) is 2. The lowest BCUT2D eigenvalue weighted by Gasteiger charge is -2.14. The highest BCUT2D eigenvalue weighted by Gasteiger charge is 2.11. The Bertz CT molecular complexity index is 783. The number of guanidine groups is 1. The molecule has 2 rings (SSSR count). The third-order valence-electron chi connectivity index (χ3n) is 3.69. The quantitative estimate of drug-likeness (QED) is 0.211. The van der Waals surface area contributed by atoms with Crippen LogP contribution in [-0.2, 0) is 13.0 Å². The van der Waals surface area contributed by atoms with Gasteiger partial charge in [0.1, 0.15) is 17.3 Å². The minimum atomic E-state index is -2.91. The predicted octanol–water partition coefficient (Wildman–Crippen LogP) is 4.36. The molecule has 1 aromatic carbocycles. The van der Waals surface area contributed by atoms with E-state index in [1.54, 1.807) is 18.4 Å². The fourth-order valence-electron chi connectivity index (χ4n) is 2.35. The minimum absolute atomic E-state index is 0. The Hall–Kier alpha value is -2.30. The van der Waals surface area contributed by atoms with E-state index in [-0.39, 0.29) is 36.3 Å². The summed E-state index contributed by atoms with van der Waals surface area (Å²) in [5.41, 5.74) is 1.42. The number of benzene rings is 1. The van der Waals surface area contributed by atoms with E-state index < -0.39 is 6.61 Å².